The molecule has 1 aromatic carbocycles. The molecule has 0 aliphatic carbocycles. The van der Waals surface area contributed by atoms with E-state index in [9.17, 15) is 4.79 Å². The number of ether oxygens (including phenoxy) is 2. The first-order valence-corrected chi connectivity index (χ1v) is 8.98. The van der Waals surface area contributed by atoms with Gasteiger partial charge in [0, 0.05) is 12.4 Å². The number of amides is 1. The van der Waals surface area contributed by atoms with E-state index in [1.54, 1.807) is 19.5 Å². The molecule has 2 rings (SSSR count). The van der Waals surface area contributed by atoms with Gasteiger partial charge >= 0.3 is 0 Å². The molecule has 0 fully saturated rings. The van der Waals surface area contributed by atoms with Crippen LogP contribution in [-0.2, 0) is 11.4 Å². The quantitative estimate of drug-likeness (QED) is 0.673. The Labute approximate surface area is 185 Å². The molecule has 1 heterocycles. The molecule has 8 heteroatoms. The molecule has 0 saturated heterocycles. The third-order valence-corrected chi connectivity index (χ3v) is 4.41. The first-order chi connectivity index (χ1) is 12.7. The second-order valence-corrected chi connectivity index (χ2v) is 7.63. The van der Waals surface area contributed by atoms with E-state index >= 15 is 0 Å². The Hall–Kier alpha value is -2.02. The molecule has 3 N–H and O–H groups in total. The largest absolute Gasteiger partial charge is 0.493 e. The highest BCUT2D eigenvalue weighted by Gasteiger charge is 2.28. The molecular formula is C21H31Cl2N3O3. The van der Waals surface area contributed by atoms with Crippen LogP contribution in [0.2, 0.25) is 0 Å². The number of pyridine rings is 1. The van der Waals surface area contributed by atoms with Crippen LogP contribution in [0.3, 0.4) is 0 Å². The van der Waals surface area contributed by atoms with E-state index in [1.165, 1.54) is 0 Å². The van der Waals surface area contributed by atoms with Gasteiger partial charge in [0.1, 0.15) is 6.61 Å². The number of carbonyl (C=O) groups is 1. The highest BCUT2D eigenvalue weighted by Crippen LogP contribution is 2.31. The lowest BCUT2D eigenvalue weighted by atomic mass is 9.86. The summed E-state index contributed by atoms with van der Waals surface area (Å²) < 4.78 is 11.3. The van der Waals surface area contributed by atoms with Crippen LogP contribution in [-0.4, -0.2) is 24.0 Å². The Balaban J connectivity index is 0.00000392. The number of halogens is 2. The van der Waals surface area contributed by atoms with Crippen LogP contribution in [0.15, 0.2) is 42.7 Å². The lowest BCUT2D eigenvalue weighted by Crippen LogP contribution is -2.49. The van der Waals surface area contributed by atoms with Crippen LogP contribution >= 0.6 is 24.8 Å². The summed E-state index contributed by atoms with van der Waals surface area (Å²) >= 11 is 0. The van der Waals surface area contributed by atoms with Crippen molar-refractivity contribution in [2.24, 2.45) is 11.1 Å². The van der Waals surface area contributed by atoms with Gasteiger partial charge in [-0.1, -0.05) is 26.8 Å². The Morgan fingerprint density at radius 1 is 1.14 bits per heavy atom. The molecule has 0 aliphatic heterocycles. The molecule has 1 aromatic heterocycles. The minimum atomic E-state index is -0.579. The van der Waals surface area contributed by atoms with Crippen LogP contribution in [0.5, 0.6) is 11.5 Å². The van der Waals surface area contributed by atoms with E-state index in [1.807, 2.05) is 58.0 Å². The fourth-order valence-electron chi connectivity index (χ4n) is 2.49. The summed E-state index contributed by atoms with van der Waals surface area (Å²) in [6.07, 6.45) is 3.46. The minimum Gasteiger partial charge on any atom is -0.493 e. The van der Waals surface area contributed by atoms with Crippen molar-refractivity contribution < 1.29 is 14.3 Å². The molecule has 0 saturated carbocycles. The Morgan fingerprint density at radius 3 is 2.31 bits per heavy atom. The van der Waals surface area contributed by atoms with Crippen molar-refractivity contribution in [2.45, 2.75) is 46.4 Å². The van der Waals surface area contributed by atoms with Crippen LogP contribution in [0, 0.1) is 5.41 Å². The number of nitrogens with one attached hydrogen (secondary N) is 1. The summed E-state index contributed by atoms with van der Waals surface area (Å²) in [5.41, 5.74) is 7.67. The van der Waals surface area contributed by atoms with Gasteiger partial charge in [-0.15, -0.1) is 24.8 Å². The molecule has 0 radical (unpaired) electrons. The highest BCUT2D eigenvalue weighted by atomic mass is 35.5. The number of nitrogens with zero attached hydrogens (tertiary/aromatic N) is 1. The van der Waals surface area contributed by atoms with Gasteiger partial charge in [-0.25, -0.2) is 0 Å². The second kappa shape index (κ2) is 11.9. The lowest BCUT2D eigenvalue weighted by molar-refractivity contribution is -0.125. The summed E-state index contributed by atoms with van der Waals surface area (Å²) in [5, 5.41) is 2.96. The van der Waals surface area contributed by atoms with Gasteiger partial charge in [-0.3, -0.25) is 9.78 Å². The number of rotatable bonds is 7. The van der Waals surface area contributed by atoms with E-state index in [2.05, 4.69) is 10.3 Å². The third-order valence-electron chi connectivity index (χ3n) is 4.41. The predicted octanol–water partition coefficient (Wildman–Crippen LogP) is 4.06. The molecule has 1 amide bonds. The van der Waals surface area contributed by atoms with Crippen molar-refractivity contribution in [3.63, 3.8) is 0 Å². The normalized spacial score (nSPS) is 12.6. The van der Waals surface area contributed by atoms with Gasteiger partial charge < -0.3 is 20.5 Å². The maximum absolute atomic E-state index is 12.4. The molecule has 1 unspecified atom stereocenters. The van der Waals surface area contributed by atoms with Crippen LogP contribution in [0.25, 0.3) is 0 Å². The van der Waals surface area contributed by atoms with Gasteiger partial charge in [0.05, 0.1) is 19.2 Å². The van der Waals surface area contributed by atoms with Gasteiger partial charge in [0.15, 0.2) is 11.5 Å². The third kappa shape index (κ3) is 7.72. The summed E-state index contributed by atoms with van der Waals surface area (Å²) in [4.78, 5) is 16.3. The number of carbonyl (C=O) groups excluding carboxylic acids is 1. The zero-order valence-electron chi connectivity index (χ0n) is 17.5. The van der Waals surface area contributed by atoms with Crippen LogP contribution < -0.4 is 20.5 Å². The highest BCUT2D eigenvalue weighted by molar-refractivity contribution is 5.85. The van der Waals surface area contributed by atoms with E-state index in [4.69, 9.17) is 15.2 Å². The Morgan fingerprint density at radius 2 is 1.76 bits per heavy atom. The Bertz CT molecular complexity index is 768. The second-order valence-electron chi connectivity index (χ2n) is 7.63. The lowest BCUT2D eigenvalue weighted by Gasteiger charge is -2.27. The molecule has 29 heavy (non-hydrogen) atoms. The fraction of sp³-hybridized carbons (Fsp3) is 0.429. The zero-order chi connectivity index (χ0) is 20.0. The molecule has 162 valence electrons. The molecule has 2 atom stereocenters. The maximum atomic E-state index is 12.4. The molecule has 0 spiro atoms. The SMILES string of the molecule is COc1cc(C(C)NC(=O)[C@@H](N)C(C)(C)C)ccc1OCc1ccncc1.Cl.Cl. The number of hydrogen-bond donors (Lipinski definition) is 2. The first kappa shape index (κ1) is 27.0. The van der Waals surface area contributed by atoms with Gasteiger partial charge in [-0.2, -0.15) is 0 Å². The monoisotopic (exact) mass is 443 g/mol. The minimum absolute atomic E-state index is 0. The van der Waals surface area contributed by atoms with Gasteiger partial charge in [0.2, 0.25) is 5.91 Å². The van der Waals surface area contributed by atoms with Crippen molar-refractivity contribution in [3.05, 3.63) is 53.9 Å². The van der Waals surface area contributed by atoms with Gasteiger partial charge in [-0.05, 0) is 47.7 Å². The van der Waals surface area contributed by atoms with E-state index in [0.29, 0.717) is 18.1 Å². The van der Waals surface area contributed by atoms with Crippen LogP contribution in [0.4, 0.5) is 0 Å². The van der Waals surface area contributed by atoms with Crippen molar-refractivity contribution in [1.29, 1.82) is 0 Å². The number of hydrogen-bond acceptors (Lipinski definition) is 5. The number of methoxy groups -OCH3 is 1. The van der Waals surface area contributed by atoms with Crippen molar-refractivity contribution in [3.8, 4) is 11.5 Å². The summed E-state index contributed by atoms with van der Waals surface area (Å²) in [5.74, 6) is 1.08. The van der Waals surface area contributed by atoms with Gasteiger partial charge in [0.25, 0.3) is 0 Å². The van der Waals surface area contributed by atoms with Crippen LogP contribution in [0.1, 0.15) is 44.9 Å². The fourth-order valence-corrected chi connectivity index (χ4v) is 2.49. The van der Waals surface area contributed by atoms with E-state index in [0.717, 1.165) is 11.1 Å². The standard InChI is InChI=1S/C21H29N3O3.2ClH/c1-14(24-20(25)19(22)21(2,3)4)16-6-7-17(18(12-16)26-5)27-13-15-8-10-23-11-9-15;;/h6-12,14,19H,13,22H2,1-5H3,(H,24,25);2*1H/t14?,19-;;/m1../s1. The molecule has 6 nitrogen and oxygen atoms in total. The maximum Gasteiger partial charge on any atom is 0.237 e. The molecule has 2 aromatic rings. The van der Waals surface area contributed by atoms with Crippen molar-refractivity contribution >= 4 is 30.7 Å². The molecule has 0 aliphatic rings. The van der Waals surface area contributed by atoms with Crippen molar-refractivity contribution in [1.82, 2.24) is 10.3 Å². The number of nitrogens with two attached hydrogens (primary N) is 1. The average molecular weight is 444 g/mol. The topological polar surface area (TPSA) is 86.5 Å². The zero-order valence-corrected chi connectivity index (χ0v) is 19.1. The first-order valence-electron chi connectivity index (χ1n) is 8.98. The Kier molecular flexibility index (Phi) is 11.0. The predicted molar refractivity (Wildman–Crippen MR) is 120 cm³/mol. The molecular weight excluding hydrogens is 413 g/mol. The number of benzene rings is 1. The summed E-state index contributed by atoms with van der Waals surface area (Å²) in [7, 11) is 1.59. The smallest absolute Gasteiger partial charge is 0.237 e. The van der Waals surface area contributed by atoms with E-state index in [-0.39, 0.29) is 42.2 Å². The summed E-state index contributed by atoms with van der Waals surface area (Å²) in [6, 6.07) is 8.65. The summed E-state index contributed by atoms with van der Waals surface area (Å²) in [6.45, 7) is 8.17. The molecule has 0 bridgehead atoms. The van der Waals surface area contributed by atoms with E-state index < -0.39 is 6.04 Å². The van der Waals surface area contributed by atoms with Crippen molar-refractivity contribution in [2.75, 3.05) is 7.11 Å². The number of aromatic nitrogens is 1. The average Bonchev–Trinajstić information content (AvgIpc) is 2.65.